The molecule has 1 saturated carbocycles. The summed E-state index contributed by atoms with van der Waals surface area (Å²) in [5.74, 6) is 0. The summed E-state index contributed by atoms with van der Waals surface area (Å²) >= 11 is 0. The Morgan fingerprint density at radius 1 is 0.806 bits per heavy atom. The lowest BCUT2D eigenvalue weighted by Gasteiger charge is -2.34. The number of hydrogen-bond donors (Lipinski definition) is 0. The lowest BCUT2D eigenvalue weighted by molar-refractivity contribution is 0.398. The smallest absolute Gasteiger partial charge is 0.115 e. The molecule has 0 bridgehead atoms. The van der Waals surface area contributed by atoms with Crippen molar-refractivity contribution in [2.24, 2.45) is 7.05 Å². The van der Waals surface area contributed by atoms with Gasteiger partial charge in [-0.1, -0.05) is 92.8 Å². The summed E-state index contributed by atoms with van der Waals surface area (Å²) in [5, 5.41) is 5.58. The molecule has 3 heteroatoms. The molecule has 1 aliphatic carbocycles. The zero-order chi connectivity index (χ0) is 21.0. The molecule has 0 saturated heterocycles. The van der Waals surface area contributed by atoms with Gasteiger partial charge in [0.1, 0.15) is 7.85 Å². The van der Waals surface area contributed by atoms with E-state index in [1.165, 1.54) is 70.2 Å². The van der Waals surface area contributed by atoms with Crippen LogP contribution in [0.3, 0.4) is 0 Å². The van der Waals surface area contributed by atoms with Crippen LogP contribution in [0.15, 0.2) is 72.9 Å². The molecular weight excluding hydrogens is 375 g/mol. The van der Waals surface area contributed by atoms with Gasteiger partial charge in [-0.05, 0) is 22.3 Å². The van der Waals surface area contributed by atoms with Gasteiger partial charge in [-0.15, -0.1) is 0 Å². The third kappa shape index (κ3) is 2.83. The van der Waals surface area contributed by atoms with E-state index >= 15 is 0 Å². The van der Waals surface area contributed by atoms with E-state index in [0.717, 1.165) is 11.3 Å². The van der Waals surface area contributed by atoms with E-state index in [4.69, 9.17) is 4.98 Å². The fourth-order valence-corrected chi connectivity index (χ4v) is 5.82. The molecular formula is C28H27BN2. The van der Waals surface area contributed by atoms with Gasteiger partial charge in [-0.25, -0.2) is 0 Å². The molecule has 0 N–H and O–H groups in total. The zero-order valence-corrected chi connectivity index (χ0v) is 18.4. The van der Waals surface area contributed by atoms with E-state index in [1.807, 2.05) is 6.20 Å². The minimum Gasteiger partial charge on any atom is -0.341 e. The molecule has 2 aromatic heterocycles. The van der Waals surface area contributed by atoms with E-state index in [0.29, 0.717) is 5.31 Å². The van der Waals surface area contributed by atoms with E-state index in [-0.39, 0.29) is 0 Å². The molecule has 0 aliphatic heterocycles. The summed E-state index contributed by atoms with van der Waals surface area (Å²) in [6.45, 7) is 0. The van der Waals surface area contributed by atoms with Crippen molar-refractivity contribution in [2.45, 2.75) is 37.4 Å². The second-order valence-electron chi connectivity index (χ2n) is 9.50. The Morgan fingerprint density at radius 3 is 2.35 bits per heavy atom. The Balaban J connectivity index is 1.61. The van der Waals surface area contributed by atoms with Crippen LogP contribution in [0.2, 0.25) is 0 Å². The van der Waals surface area contributed by atoms with Crippen molar-refractivity contribution >= 4 is 40.4 Å². The number of fused-ring (bicyclic) bond motifs is 5. The van der Waals surface area contributed by atoms with Crippen LogP contribution >= 0.6 is 0 Å². The first-order chi connectivity index (χ1) is 15.2. The van der Waals surface area contributed by atoms with E-state index in [2.05, 4.69) is 86.2 Å². The summed E-state index contributed by atoms with van der Waals surface area (Å²) < 4.78 is 2.35. The van der Waals surface area contributed by atoms with Gasteiger partial charge in [0.25, 0.3) is 0 Å². The number of nitrogens with zero attached hydrogens (tertiary/aromatic N) is 2. The van der Waals surface area contributed by atoms with Gasteiger partial charge in [0.2, 0.25) is 0 Å². The van der Waals surface area contributed by atoms with E-state index in [9.17, 15) is 0 Å². The molecule has 2 heterocycles. The first kappa shape index (κ1) is 18.7. The molecule has 152 valence electrons. The highest BCUT2D eigenvalue weighted by Crippen LogP contribution is 2.40. The van der Waals surface area contributed by atoms with Gasteiger partial charge in [-0.3, -0.25) is 4.98 Å². The van der Waals surface area contributed by atoms with Crippen molar-refractivity contribution in [3.8, 4) is 11.3 Å². The van der Waals surface area contributed by atoms with Crippen molar-refractivity contribution in [1.29, 1.82) is 0 Å². The van der Waals surface area contributed by atoms with Gasteiger partial charge in [0.15, 0.2) is 0 Å². The van der Waals surface area contributed by atoms with E-state index < -0.39 is 0 Å². The van der Waals surface area contributed by atoms with Crippen LogP contribution in [0.1, 0.15) is 37.7 Å². The Kier molecular flexibility index (Phi) is 4.21. The molecule has 3 aromatic carbocycles. The number of aryl methyl sites for hydroxylation is 1. The van der Waals surface area contributed by atoms with Crippen LogP contribution in [0, 0.1) is 0 Å². The largest absolute Gasteiger partial charge is 0.341 e. The van der Waals surface area contributed by atoms with Gasteiger partial charge >= 0.3 is 0 Å². The molecule has 5 aromatic rings. The second-order valence-corrected chi connectivity index (χ2v) is 9.50. The van der Waals surface area contributed by atoms with Crippen molar-refractivity contribution in [3.63, 3.8) is 0 Å². The topological polar surface area (TPSA) is 17.8 Å². The van der Waals surface area contributed by atoms with Crippen molar-refractivity contribution in [3.05, 3.63) is 78.5 Å². The number of benzene rings is 3. The fraction of sp³-hybridized carbons (Fsp3) is 0.250. The third-order valence-corrected chi connectivity index (χ3v) is 7.58. The molecule has 0 spiro atoms. The molecule has 31 heavy (non-hydrogen) atoms. The van der Waals surface area contributed by atoms with Crippen LogP contribution in [0.5, 0.6) is 0 Å². The van der Waals surface area contributed by atoms with Gasteiger partial charge < -0.3 is 4.57 Å². The minimum absolute atomic E-state index is 0.324. The van der Waals surface area contributed by atoms with Crippen LogP contribution in [0.25, 0.3) is 43.8 Å². The van der Waals surface area contributed by atoms with Gasteiger partial charge in [0, 0.05) is 35.0 Å². The fourth-order valence-electron chi connectivity index (χ4n) is 5.82. The Hall–Kier alpha value is -3.07. The van der Waals surface area contributed by atoms with Crippen molar-refractivity contribution in [1.82, 2.24) is 9.55 Å². The predicted octanol–water partition coefficient (Wildman–Crippen LogP) is 6.34. The molecule has 0 amide bonds. The maximum absolute atomic E-state index is 4.78. The summed E-state index contributed by atoms with van der Waals surface area (Å²) in [4.78, 5) is 4.78. The quantitative estimate of drug-likeness (QED) is 0.315. The van der Waals surface area contributed by atoms with Gasteiger partial charge in [-0.2, -0.15) is 0 Å². The molecule has 0 radical (unpaired) electrons. The highest BCUT2D eigenvalue weighted by Gasteiger charge is 2.29. The second kappa shape index (κ2) is 6.98. The summed E-state index contributed by atoms with van der Waals surface area (Å²) in [5.41, 5.74) is 6.23. The normalized spacial score (nSPS) is 16.3. The van der Waals surface area contributed by atoms with Crippen LogP contribution in [0.4, 0.5) is 0 Å². The van der Waals surface area contributed by atoms with Crippen molar-refractivity contribution < 1.29 is 0 Å². The molecule has 1 fully saturated rings. The third-order valence-electron chi connectivity index (χ3n) is 7.58. The summed E-state index contributed by atoms with van der Waals surface area (Å²) in [6, 6.07) is 24.5. The highest BCUT2D eigenvalue weighted by molar-refractivity contribution is 6.20. The zero-order valence-electron chi connectivity index (χ0n) is 18.4. The monoisotopic (exact) mass is 402 g/mol. The Morgan fingerprint density at radius 2 is 1.55 bits per heavy atom. The Bertz CT molecular complexity index is 1430. The van der Waals surface area contributed by atoms with Crippen LogP contribution < -0.4 is 0 Å². The predicted molar refractivity (Wildman–Crippen MR) is 134 cm³/mol. The molecule has 0 atom stereocenters. The minimum atomic E-state index is 0.324. The number of aromatic nitrogens is 2. The number of pyridine rings is 1. The molecule has 6 rings (SSSR count). The lowest BCUT2D eigenvalue weighted by Crippen LogP contribution is -2.29. The number of rotatable bonds is 2. The highest BCUT2D eigenvalue weighted by atomic mass is 15.0. The molecule has 0 unspecified atom stereocenters. The average molecular weight is 402 g/mol. The average Bonchev–Trinajstić information content (AvgIpc) is 3.12. The summed E-state index contributed by atoms with van der Waals surface area (Å²) in [7, 11) is 4.65. The van der Waals surface area contributed by atoms with Crippen LogP contribution in [-0.2, 0) is 12.4 Å². The molecule has 2 nitrogen and oxygen atoms in total. The van der Waals surface area contributed by atoms with E-state index in [1.54, 1.807) is 0 Å². The SMILES string of the molecule is BC1(c2ccc3c(ccc4c5ccnc(-c6ccccc6)c5n(C)c34)c2)CCCCC1. The first-order valence-corrected chi connectivity index (χ1v) is 11.5. The van der Waals surface area contributed by atoms with Crippen molar-refractivity contribution in [2.75, 3.05) is 0 Å². The van der Waals surface area contributed by atoms with Crippen LogP contribution in [-0.4, -0.2) is 17.4 Å². The standard InChI is InChI=1S/C28H27BN2/c1-31-26-22-13-11-21(28(29)15-6-3-7-16-28)18-20(22)10-12-23(26)24-14-17-30-25(27(24)31)19-8-4-2-5-9-19/h2,4-5,8-14,17-18H,3,6-7,15-16,29H2,1H3. The number of hydrogen-bond acceptors (Lipinski definition) is 1. The first-order valence-electron chi connectivity index (χ1n) is 11.5. The maximum atomic E-state index is 4.78. The molecule has 1 aliphatic rings. The van der Waals surface area contributed by atoms with Gasteiger partial charge in [0.05, 0.1) is 16.7 Å². The summed E-state index contributed by atoms with van der Waals surface area (Å²) in [6.07, 6.45) is 8.65. The Labute approximate surface area is 184 Å². The maximum Gasteiger partial charge on any atom is 0.115 e. The lowest BCUT2D eigenvalue weighted by atomic mass is 9.56.